The molecule has 16 heavy (non-hydrogen) atoms. The van der Waals surface area contributed by atoms with Crippen molar-refractivity contribution in [3.63, 3.8) is 0 Å². The lowest BCUT2D eigenvalue weighted by Gasteiger charge is -2.16. The SMILES string of the molecule is COc1ccc(C(C)NC(=O)[C@H](C)N)cc1. The van der Waals surface area contributed by atoms with Crippen molar-refractivity contribution in [2.45, 2.75) is 25.9 Å². The van der Waals surface area contributed by atoms with E-state index in [0.29, 0.717) is 0 Å². The van der Waals surface area contributed by atoms with Gasteiger partial charge in [-0.05, 0) is 31.5 Å². The molecule has 0 aliphatic heterocycles. The van der Waals surface area contributed by atoms with Crippen LogP contribution in [0.4, 0.5) is 0 Å². The van der Waals surface area contributed by atoms with Gasteiger partial charge in [-0.15, -0.1) is 0 Å². The Morgan fingerprint density at radius 2 is 1.88 bits per heavy atom. The highest BCUT2D eigenvalue weighted by atomic mass is 16.5. The van der Waals surface area contributed by atoms with Crippen molar-refractivity contribution in [3.8, 4) is 5.75 Å². The maximum atomic E-state index is 11.4. The summed E-state index contributed by atoms with van der Waals surface area (Å²) in [5, 5.41) is 2.83. The molecule has 0 spiro atoms. The smallest absolute Gasteiger partial charge is 0.237 e. The van der Waals surface area contributed by atoms with Gasteiger partial charge in [-0.1, -0.05) is 12.1 Å². The quantitative estimate of drug-likeness (QED) is 0.805. The zero-order valence-electron chi connectivity index (χ0n) is 9.86. The number of amides is 1. The summed E-state index contributed by atoms with van der Waals surface area (Å²) < 4.78 is 5.06. The second-order valence-electron chi connectivity index (χ2n) is 3.79. The lowest BCUT2D eigenvalue weighted by molar-refractivity contribution is -0.122. The molecular formula is C12H18N2O2. The van der Waals surface area contributed by atoms with Crippen molar-refractivity contribution in [2.75, 3.05) is 7.11 Å². The third-order valence-electron chi connectivity index (χ3n) is 2.39. The van der Waals surface area contributed by atoms with Crippen LogP contribution >= 0.6 is 0 Å². The molecule has 1 rings (SSSR count). The molecule has 2 atom stereocenters. The number of benzene rings is 1. The van der Waals surface area contributed by atoms with Crippen LogP contribution in [0.5, 0.6) is 5.75 Å². The van der Waals surface area contributed by atoms with Crippen LogP contribution in [0.25, 0.3) is 0 Å². The van der Waals surface area contributed by atoms with Crippen LogP contribution in [0.1, 0.15) is 25.5 Å². The van der Waals surface area contributed by atoms with Gasteiger partial charge in [0.25, 0.3) is 0 Å². The molecule has 0 fully saturated rings. The number of ether oxygens (including phenoxy) is 1. The number of hydrogen-bond donors (Lipinski definition) is 2. The van der Waals surface area contributed by atoms with Gasteiger partial charge in [-0.25, -0.2) is 0 Å². The Balaban J connectivity index is 2.65. The van der Waals surface area contributed by atoms with Gasteiger partial charge in [0, 0.05) is 0 Å². The van der Waals surface area contributed by atoms with E-state index in [4.69, 9.17) is 10.5 Å². The fourth-order valence-corrected chi connectivity index (χ4v) is 1.32. The average molecular weight is 222 g/mol. The van der Waals surface area contributed by atoms with Crippen molar-refractivity contribution in [1.29, 1.82) is 0 Å². The van der Waals surface area contributed by atoms with E-state index in [2.05, 4.69) is 5.32 Å². The molecule has 1 amide bonds. The molecule has 0 aliphatic rings. The Labute approximate surface area is 95.8 Å². The highest BCUT2D eigenvalue weighted by Gasteiger charge is 2.12. The van der Waals surface area contributed by atoms with Gasteiger partial charge in [0.2, 0.25) is 5.91 Å². The second kappa shape index (κ2) is 5.51. The Morgan fingerprint density at radius 3 is 2.31 bits per heavy atom. The summed E-state index contributed by atoms with van der Waals surface area (Å²) in [5.74, 6) is 0.651. The largest absolute Gasteiger partial charge is 0.497 e. The summed E-state index contributed by atoms with van der Waals surface area (Å²) in [6.45, 7) is 3.58. The molecule has 0 aromatic heterocycles. The van der Waals surface area contributed by atoms with Gasteiger partial charge < -0.3 is 15.8 Å². The highest BCUT2D eigenvalue weighted by Crippen LogP contribution is 2.17. The van der Waals surface area contributed by atoms with E-state index in [9.17, 15) is 4.79 Å². The summed E-state index contributed by atoms with van der Waals surface area (Å²) in [6.07, 6.45) is 0. The van der Waals surface area contributed by atoms with E-state index in [1.807, 2.05) is 31.2 Å². The van der Waals surface area contributed by atoms with Gasteiger partial charge in [-0.2, -0.15) is 0 Å². The topological polar surface area (TPSA) is 64.3 Å². The first-order chi connectivity index (χ1) is 7.54. The van der Waals surface area contributed by atoms with Gasteiger partial charge in [-0.3, -0.25) is 4.79 Å². The first kappa shape index (κ1) is 12.5. The molecule has 1 unspecified atom stereocenters. The van der Waals surface area contributed by atoms with Crippen molar-refractivity contribution >= 4 is 5.91 Å². The van der Waals surface area contributed by atoms with Crippen LogP contribution in [0.2, 0.25) is 0 Å². The summed E-state index contributed by atoms with van der Waals surface area (Å²) in [5.41, 5.74) is 6.50. The monoisotopic (exact) mass is 222 g/mol. The maximum Gasteiger partial charge on any atom is 0.237 e. The molecule has 0 saturated carbocycles. The molecule has 0 heterocycles. The van der Waals surface area contributed by atoms with Gasteiger partial charge >= 0.3 is 0 Å². The number of hydrogen-bond acceptors (Lipinski definition) is 3. The molecule has 0 bridgehead atoms. The van der Waals surface area contributed by atoms with Crippen molar-refractivity contribution in [3.05, 3.63) is 29.8 Å². The Morgan fingerprint density at radius 1 is 1.31 bits per heavy atom. The van der Waals surface area contributed by atoms with Crippen molar-refractivity contribution in [1.82, 2.24) is 5.32 Å². The molecule has 0 aliphatic carbocycles. The molecule has 88 valence electrons. The molecule has 4 nitrogen and oxygen atoms in total. The van der Waals surface area contributed by atoms with E-state index in [-0.39, 0.29) is 11.9 Å². The van der Waals surface area contributed by atoms with E-state index in [1.165, 1.54) is 0 Å². The van der Waals surface area contributed by atoms with Crippen LogP contribution in [0, 0.1) is 0 Å². The van der Waals surface area contributed by atoms with E-state index < -0.39 is 6.04 Å². The molecule has 0 radical (unpaired) electrons. The van der Waals surface area contributed by atoms with Crippen LogP contribution in [0.15, 0.2) is 24.3 Å². The first-order valence-corrected chi connectivity index (χ1v) is 5.24. The average Bonchev–Trinajstić information content (AvgIpc) is 2.28. The van der Waals surface area contributed by atoms with E-state index >= 15 is 0 Å². The van der Waals surface area contributed by atoms with Crippen LogP contribution in [0.3, 0.4) is 0 Å². The summed E-state index contributed by atoms with van der Waals surface area (Å²) >= 11 is 0. The predicted octanol–water partition coefficient (Wildman–Crippen LogP) is 1.22. The number of nitrogens with two attached hydrogens (primary N) is 1. The molecule has 4 heteroatoms. The summed E-state index contributed by atoms with van der Waals surface area (Å²) in [6, 6.07) is 7.04. The number of carbonyl (C=O) groups is 1. The van der Waals surface area contributed by atoms with Gasteiger partial charge in [0.1, 0.15) is 5.75 Å². The molecule has 3 N–H and O–H groups in total. The summed E-state index contributed by atoms with van der Waals surface area (Å²) in [4.78, 5) is 11.4. The predicted molar refractivity (Wildman–Crippen MR) is 63.2 cm³/mol. The normalized spacial score (nSPS) is 14.0. The number of methoxy groups -OCH3 is 1. The molecule has 1 aromatic carbocycles. The molecule has 0 saturated heterocycles. The Bertz CT molecular complexity index is 347. The fraction of sp³-hybridized carbons (Fsp3) is 0.417. The number of rotatable bonds is 4. The van der Waals surface area contributed by atoms with Crippen LogP contribution in [-0.4, -0.2) is 19.1 Å². The van der Waals surface area contributed by atoms with E-state index in [1.54, 1.807) is 14.0 Å². The minimum atomic E-state index is -0.485. The van der Waals surface area contributed by atoms with Crippen molar-refractivity contribution < 1.29 is 9.53 Å². The fourth-order valence-electron chi connectivity index (χ4n) is 1.32. The number of carbonyl (C=O) groups excluding carboxylic acids is 1. The highest BCUT2D eigenvalue weighted by molar-refractivity contribution is 5.81. The zero-order valence-corrected chi connectivity index (χ0v) is 9.86. The third-order valence-corrected chi connectivity index (χ3v) is 2.39. The van der Waals surface area contributed by atoms with Crippen LogP contribution in [-0.2, 0) is 4.79 Å². The maximum absolute atomic E-state index is 11.4. The van der Waals surface area contributed by atoms with Crippen molar-refractivity contribution in [2.24, 2.45) is 5.73 Å². The minimum absolute atomic E-state index is 0.0515. The lowest BCUT2D eigenvalue weighted by atomic mass is 10.1. The second-order valence-corrected chi connectivity index (χ2v) is 3.79. The van der Waals surface area contributed by atoms with E-state index in [0.717, 1.165) is 11.3 Å². The molecule has 1 aromatic rings. The first-order valence-electron chi connectivity index (χ1n) is 5.24. The summed E-state index contributed by atoms with van der Waals surface area (Å²) in [7, 11) is 1.62. The lowest BCUT2D eigenvalue weighted by Crippen LogP contribution is -2.39. The van der Waals surface area contributed by atoms with Crippen LogP contribution < -0.4 is 15.8 Å². The minimum Gasteiger partial charge on any atom is -0.497 e. The Kier molecular flexibility index (Phi) is 4.31. The third kappa shape index (κ3) is 3.24. The standard InChI is InChI=1S/C12H18N2O2/c1-8(13)12(15)14-9(2)10-4-6-11(16-3)7-5-10/h4-9H,13H2,1-3H3,(H,14,15)/t8-,9?/m0/s1. The van der Waals surface area contributed by atoms with Gasteiger partial charge in [0.15, 0.2) is 0 Å². The van der Waals surface area contributed by atoms with Gasteiger partial charge in [0.05, 0.1) is 19.2 Å². The zero-order chi connectivity index (χ0) is 12.1. The Hall–Kier alpha value is -1.55. The molecular weight excluding hydrogens is 204 g/mol. The number of nitrogens with one attached hydrogen (secondary N) is 1.